The number of benzene rings is 1. The highest BCUT2D eigenvalue weighted by Gasteiger charge is 2.33. The molecule has 21 heavy (non-hydrogen) atoms. The number of thioether (sulfide) groups is 1. The van der Waals surface area contributed by atoms with Crippen LogP contribution in [0.2, 0.25) is 0 Å². The summed E-state index contributed by atoms with van der Waals surface area (Å²) in [5, 5.41) is -0.113. The Kier molecular flexibility index (Phi) is 4.36. The van der Waals surface area contributed by atoms with E-state index >= 15 is 0 Å². The Bertz CT molecular complexity index is 712. The van der Waals surface area contributed by atoms with E-state index < -0.39 is 23.2 Å². The van der Waals surface area contributed by atoms with Gasteiger partial charge in [0.2, 0.25) is 0 Å². The number of aromatic nitrogens is 2. The van der Waals surface area contributed by atoms with Gasteiger partial charge >= 0.3 is 6.18 Å². The lowest BCUT2D eigenvalue weighted by molar-refractivity contribution is -0.141. The van der Waals surface area contributed by atoms with Crippen molar-refractivity contribution in [1.82, 2.24) is 9.55 Å². The second kappa shape index (κ2) is 5.88. The smallest absolute Gasteiger partial charge is 0.291 e. The minimum Gasteiger partial charge on any atom is -0.291 e. The highest BCUT2D eigenvalue weighted by molar-refractivity contribution is 7.98. The highest BCUT2D eigenvalue weighted by atomic mass is 32.2. The lowest BCUT2D eigenvalue weighted by Crippen LogP contribution is -2.23. The van der Waals surface area contributed by atoms with Crippen LogP contribution in [-0.2, 0) is 19.0 Å². The van der Waals surface area contributed by atoms with Gasteiger partial charge in [0.05, 0.1) is 0 Å². The number of hydrogen-bond acceptors (Lipinski definition) is 3. The largest absolute Gasteiger partial charge is 0.433 e. The molecular formula is C13H10F4N2OS. The zero-order valence-corrected chi connectivity index (χ0v) is 11.6. The molecule has 0 aliphatic heterocycles. The van der Waals surface area contributed by atoms with Crippen LogP contribution in [0.4, 0.5) is 17.6 Å². The van der Waals surface area contributed by atoms with E-state index in [0.29, 0.717) is 11.6 Å². The van der Waals surface area contributed by atoms with Crippen molar-refractivity contribution >= 4 is 11.8 Å². The molecule has 0 atom stereocenters. The van der Waals surface area contributed by atoms with Crippen molar-refractivity contribution in [2.75, 3.05) is 0 Å². The molecule has 3 nitrogen and oxygen atoms in total. The molecule has 0 aliphatic rings. The van der Waals surface area contributed by atoms with E-state index in [1.54, 1.807) is 6.07 Å². The molecule has 0 aliphatic carbocycles. The summed E-state index contributed by atoms with van der Waals surface area (Å²) in [4.78, 5) is 14.9. The average Bonchev–Trinajstić information content (AvgIpc) is 2.40. The summed E-state index contributed by atoms with van der Waals surface area (Å²) < 4.78 is 52.3. The Hall–Kier alpha value is -1.83. The van der Waals surface area contributed by atoms with Crippen LogP contribution in [0.3, 0.4) is 0 Å². The predicted molar refractivity (Wildman–Crippen MR) is 70.4 cm³/mol. The standard InChI is InChI=1S/C13H10F4N2OS/c1-19-11(20)6-10(13(15,16)17)18-12(19)21-7-8-4-2-3-5-9(8)14/h2-6H,7H2,1H3. The Morgan fingerprint density at radius 1 is 1.29 bits per heavy atom. The van der Waals surface area contributed by atoms with E-state index in [-0.39, 0.29) is 10.9 Å². The first-order chi connectivity index (χ1) is 9.79. The Morgan fingerprint density at radius 2 is 1.95 bits per heavy atom. The van der Waals surface area contributed by atoms with Gasteiger partial charge in [-0.25, -0.2) is 9.37 Å². The quantitative estimate of drug-likeness (QED) is 0.495. The maximum Gasteiger partial charge on any atom is 0.433 e. The summed E-state index contributed by atoms with van der Waals surface area (Å²) in [6.45, 7) is 0. The van der Waals surface area contributed by atoms with Gasteiger partial charge in [-0.05, 0) is 11.6 Å². The van der Waals surface area contributed by atoms with Gasteiger partial charge in [0, 0.05) is 18.9 Å². The number of hydrogen-bond donors (Lipinski definition) is 0. The summed E-state index contributed by atoms with van der Waals surface area (Å²) in [6, 6.07) is 6.36. The van der Waals surface area contributed by atoms with Crippen molar-refractivity contribution in [2.45, 2.75) is 17.1 Å². The number of halogens is 4. The predicted octanol–water partition coefficient (Wildman–Crippen LogP) is 3.23. The average molecular weight is 318 g/mol. The number of rotatable bonds is 3. The summed E-state index contributed by atoms with van der Waals surface area (Å²) in [6.07, 6.45) is -4.69. The molecule has 0 bridgehead atoms. The molecule has 2 aromatic rings. The first-order valence-electron chi connectivity index (χ1n) is 5.80. The van der Waals surface area contributed by atoms with Crippen molar-refractivity contribution in [3.8, 4) is 0 Å². The Balaban J connectivity index is 2.30. The summed E-state index contributed by atoms with van der Waals surface area (Å²) in [5.41, 5.74) is -1.73. The van der Waals surface area contributed by atoms with Crippen molar-refractivity contribution in [3.63, 3.8) is 0 Å². The third-order valence-corrected chi connectivity index (χ3v) is 3.78. The maximum absolute atomic E-state index is 13.5. The molecule has 0 unspecified atom stereocenters. The second-order valence-corrected chi connectivity index (χ2v) is 5.14. The summed E-state index contributed by atoms with van der Waals surface area (Å²) >= 11 is 0.871. The molecule has 8 heteroatoms. The van der Waals surface area contributed by atoms with Crippen molar-refractivity contribution in [2.24, 2.45) is 7.05 Å². The van der Waals surface area contributed by atoms with Gasteiger partial charge in [0.1, 0.15) is 5.82 Å². The molecule has 2 rings (SSSR count). The number of nitrogens with zero attached hydrogens (tertiary/aromatic N) is 2. The maximum atomic E-state index is 13.5. The van der Waals surface area contributed by atoms with E-state index in [9.17, 15) is 22.4 Å². The molecule has 0 saturated carbocycles. The minimum atomic E-state index is -4.69. The number of alkyl halides is 3. The summed E-state index contributed by atoms with van der Waals surface area (Å²) in [5.74, 6) is -0.379. The molecule has 0 amide bonds. The topological polar surface area (TPSA) is 34.9 Å². The van der Waals surface area contributed by atoms with E-state index in [1.165, 1.54) is 25.2 Å². The molecule has 0 fully saturated rings. The fraction of sp³-hybridized carbons (Fsp3) is 0.231. The van der Waals surface area contributed by atoms with Gasteiger partial charge in [0.15, 0.2) is 10.9 Å². The van der Waals surface area contributed by atoms with E-state index in [1.807, 2.05) is 0 Å². The molecule has 1 aromatic heterocycles. The van der Waals surface area contributed by atoms with Crippen LogP contribution < -0.4 is 5.56 Å². The van der Waals surface area contributed by atoms with E-state index in [2.05, 4.69) is 4.98 Å². The molecule has 0 spiro atoms. The zero-order valence-electron chi connectivity index (χ0n) is 10.8. The van der Waals surface area contributed by atoms with E-state index in [0.717, 1.165) is 16.3 Å². The normalized spacial score (nSPS) is 11.7. The highest BCUT2D eigenvalue weighted by Crippen LogP contribution is 2.29. The van der Waals surface area contributed by atoms with Crippen molar-refractivity contribution < 1.29 is 17.6 Å². The van der Waals surface area contributed by atoms with Crippen LogP contribution in [0.1, 0.15) is 11.3 Å². The summed E-state index contributed by atoms with van der Waals surface area (Å²) in [7, 11) is 1.32. The Morgan fingerprint density at radius 3 is 2.57 bits per heavy atom. The van der Waals surface area contributed by atoms with Gasteiger partial charge in [-0.15, -0.1) is 0 Å². The van der Waals surface area contributed by atoms with Gasteiger partial charge in [0.25, 0.3) is 5.56 Å². The molecule has 112 valence electrons. The van der Waals surface area contributed by atoms with Gasteiger partial charge in [-0.2, -0.15) is 13.2 Å². The fourth-order valence-electron chi connectivity index (χ4n) is 1.55. The monoisotopic (exact) mass is 318 g/mol. The molecule has 0 saturated heterocycles. The second-order valence-electron chi connectivity index (χ2n) is 4.20. The van der Waals surface area contributed by atoms with Crippen LogP contribution in [-0.4, -0.2) is 9.55 Å². The van der Waals surface area contributed by atoms with Crippen LogP contribution in [0.25, 0.3) is 0 Å². The third kappa shape index (κ3) is 3.63. The van der Waals surface area contributed by atoms with Gasteiger partial charge in [-0.1, -0.05) is 30.0 Å². The molecule has 0 N–H and O–H groups in total. The van der Waals surface area contributed by atoms with Gasteiger partial charge in [-0.3, -0.25) is 9.36 Å². The molecule has 1 aromatic carbocycles. The minimum absolute atomic E-state index is 0.0776. The van der Waals surface area contributed by atoms with Gasteiger partial charge < -0.3 is 0 Å². The lowest BCUT2D eigenvalue weighted by atomic mass is 10.2. The molecular weight excluding hydrogens is 308 g/mol. The van der Waals surface area contributed by atoms with Crippen molar-refractivity contribution in [3.05, 3.63) is 57.8 Å². The fourth-order valence-corrected chi connectivity index (χ4v) is 2.52. The third-order valence-electron chi connectivity index (χ3n) is 2.70. The first-order valence-corrected chi connectivity index (χ1v) is 6.79. The van der Waals surface area contributed by atoms with Crippen molar-refractivity contribution in [1.29, 1.82) is 0 Å². The van der Waals surface area contributed by atoms with Crippen LogP contribution >= 0.6 is 11.8 Å². The Labute approximate surface area is 121 Å². The molecule has 1 heterocycles. The first kappa shape index (κ1) is 15.6. The lowest BCUT2D eigenvalue weighted by Gasteiger charge is -2.11. The van der Waals surface area contributed by atoms with Crippen LogP contribution in [0.15, 0.2) is 40.3 Å². The van der Waals surface area contributed by atoms with Crippen LogP contribution in [0.5, 0.6) is 0 Å². The molecule has 0 radical (unpaired) electrons. The SMILES string of the molecule is Cn1c(SCc2ccccc2F)nc(C(F)(F)F)cc1=O. The van der Waals surface area contributed by atoms with Crippen LogP contribution in [0, 0.1) is 5.82 Å². The van der Waals surface area contributed by atoms with E-state index in [4.69, 9.17) is 0 Å². The zero-order chi connectivity index (χ0) is 15.6.